The lowest BCUT2D eigenvalue weighted by Crippen LogP contribution is -2.45. The van der Waals surface area contributed by atoms with Crippen LogP contribution < -0.4 is 4.72 Å². The molecule has 1 aromatic rings. The summed E-state index contributed by atoms with van der Waals surface area (Å²) in [5.41, 5.74) is 0.580. The Hall–Kier alpha value is -1.09. The predicted octanol–water partition coefficient (Wildman–Crippen LogP) is -0.485. The number of hydrogen-bond donors (Lipinski definition) is 2. The first kappa shape index (κ1) is 14.3. The minimum atomic E-state index is -3.48. The number of piperidine rings is 1. The van der Waals surface area contributed by atoms with Gasteiger partial charge in [-0.25, -0.2) is 0 Å². The molecule has 0 atom stereocenters. The summed E-state index contributed by atoms with van der Waals surface area (Å²) in [4.78, 5) is 0. The molecule has 8 heteroatoms. The fraction of sp³-hybridized carbons (Fsp3) is 0.636. The van der Waals surface area contributed by atoms with Crippen LogP contribution >= 0.6 is 0 Å². The van der Waals surface area contributed by atoms with Gasteiger partial charge in [-0.1, -0.05) is 0 Å². The molecule has 0 aliphatic carbocycles. The summed E-state index contributed by atoms with van der Waals surface area (Å²) >= 11 is 0. The van der Waals surface area contributed by atoms with Crippen LogP contribution in [0.1, 0.15) is 18.5 Å². The van der Waals surface area contributed by atoms with Crippen LogP contribution in [0.3, 0.4) is 0 Å². The minimum absolute atomic E-state index is 0.126. The highest BCUT2D eigenvalue weighted by Crippen LogP contribution is 2.18. The molecule has 0 radical (unpaired) electrons. The second kappa shape index (κ2) is 6.38. The number of hydrogen-bond acceptors (Lipinski definition) is 5. The molecule has 0 spiro atoms. The molecule has 0 aromatic carbocycles. The second-order valence-electron chi connectivity index (χ2n) is 4.57. The van der Waals surface area contributed by atoms with Gasteiger partial charge in [0.15, 0.2) is 0 Å². The quantitative estimate of drug-likeness (QED) is 0.762. The van der Waals surface area contributed by atoms with Crippen LogP contribution in [0.25, 0.3) is 0 Å². The summed E-state index contributed by atoms with van der Waals surface area (Å²) in [5.74, 6) is 0.214. The monoisotopic (exact) mass is 286 g/mol. The van der Waals surface area contributed by atoms with Crippen LogP contribution in [0.15, 0.2) is 18.3 Å². The van der Waals surface area contributed by atoms with Crippen molar-refractivity contribution in [3.8, 4) is 0 Å². The van der Waals surface area contributed by atoms with Crippen molar-refractivity contribution in [1.82, 2.24) is 19.2 Å². The van der Waals surface area contributed by atoms with Crippen molar-refractivity contribution in [1.29, 1.82) is 0 Å². The average Bonchev–Trinajstić information content (AvgIpc) is 2.46. The Balaban J connectivity index is 1.89. The molecule has 0 unspecified atom stereocenters. The standard InChI is InChI=1S/C11H18N4O3S/c16-9-10-3-6-15(7-4-10)19(17,18)13-8-11-2-1-5-12-14-11/h1-2,5,10,13,16H,3-4,6-9H2. The van der Waals surface area contributed by atoms with E-state index in [2.05, 4.69) is 14.9 Å². The van der Waals surface area contributed by atoms with Gasteiger partial charge >= 0.3 is 0 Å². The number of nitrogens with one attached hydrogen (secondary N) is 1. The van der Waals surface area contributed by atoms with Gasteiger partial charge in [0, 0.05) is 25.9 Å². The summed E-state index contributed by atoms with van der Waals surface area (Å²) < 4.78 is 28.0. The first-order valence-corrected chi connectivity index (χ1v) is 7.68. The van der Waals surface area contributed by atoms with Crippen LogP contribution in [0.2, 0.25) is 0 Å². The zero-order valence-corrected chi connectivity index (χ0v) is 11.4. The van der Waals surface area contributed by atoms with Crippen LogP contribution in [0.4, 0.5) is 0 Å². The Kier molecular flexibility index (Phi) is 4.81. The van der Waals surface area contributed by atoms with E-state index < -0.39 is 10.2 Å². The molecule has 2 heterocycles. The Morgan fingerprint density at radius 3 is 2.74 bits per heavy atom. The molecule has 0 amide bonds. The van der Waals surface area contributed by atoms with E-state index in [1.807, 2.05) is 0 Å². The van der Waals surface area contributed by atoms with Crippen LogP contribution in [-0.2, 0) is 16.8 Å². The van der Waals surface area contributed by atoms with Gasteiger partial charge in [0.25, 0.3) is 10.2 Å². The summed E-state index contributed by atoms with van der Waals surface area (Å²) in [6, 6.07) is 3.43. The number of aliphatic hydroxyl groups is 1. The Morgan fingerprint density at radius 1 is 1.42 bits per heavy atom. The van der Waals surface area contributed by atoms with E-state index in [9.17, 15) is 8.42 Å². The maximum absolute atomic E-state index is 12.1. The van der Waals surface area contributed by atoms with Gasteiger partial charge in [-0.05, 0) is 30.9 Å². The number of aliphatic hydroxyl groups excluding tert-OH is 1. The van der Waals surface area contributed by atoms with Gasteiger partial charge < -0.3 is 5.11 Å². The molecule has 2 rings (SSSR count). The van der Waals surface area contributed by atoms with Crippen molar-refractivity contribution in [2.75, 3.05) is 19.7 Å². The Labute approximate surface area is 112 Å². The van der Waals surface area contributed by atoms with Gasteiger partial charge in [0.05, 0.1) is 12.2 Å². The lowest BCUT2D eigenvalue weighted by molar-refractivity contribution is 0.169. The van der Waals surface area contributed by atoms with Crippen LogP contribution in [0.5, 0.6) is 0 Å². The lowest BCUT2D eigenvalue weighted by Gasteiger charge is -2.30. The molecule has 1 saturated heterocycles. The highest BCUT2D eigenvalue weighted by Gasteiger charge is 2.27. The molecule has 1 aromatic heterocycles. The molecular weight excluding hydrogens is 268 g/mol. The van der Waals surface area contributed by atoms with E-state index >= 15 is 0 Å². The molecule has 1 fully saturated rings. The zero-order chi connectivity index (χ0) is 13.7. The Morgan fingerprint density at radius 2 is 2.16 bits per heavy atom. The number of nitrogens with zero attached hydrogens (tertiary/aromatic N) is 3. The fourth-order valence-corrected chi connectivity index (χ4v) is 3.22. The second-order valence-corrected chi connectivity index (χ2v) is 6.32. The number of aromatic nitrogens is 2. The Bertz CT molecular complexity index is 486. The molecule has 2 N–H and O–H groups in total. The van der Waals surface area contributed by atoms with Crippen LogP contribution in [-0.4, -0.2) is 47.7 Å². The normalized spacial score (nSPS) is 18.6. The largest absolute Gasteiger partial charge is 0.396 e. The zero-order valence-electron chi connectivity index (χ0n) is 10.6. The maximum Gasteiger partial charge on any atom is 0.279 e. The highest BCUT2D eigenvalue weighted by molar-refractivity contribution is 7.87. The third-order valence-corrected chi connectivity index (χ3v) is 4.79. The molecule has 19 heavy (non-hydrogen) atoms. The average molecular weight is 286 g/mol. The molecule has 1 aliphatic heterocycles. The van der Waals surface area contributed by atoms with Gasteiger partial charge in [-0.3, -0.25) is 0 Å². The van der Waals surface area contributed by atoms with E-state index in [1.165, 1.54) is 10.5 Å². The SMILES string of the molecule is O=S(=O)(NCc1cccnn1)N1CCC(CO)CC1. The first-order valence-electron chi connectivity index (χ1n) is 6.24. The number of rotatable bonds is 5. The third kappa shape index (κ3) is 3.93. The summed E-state index contributed by atoms with van der Waals surface area (Å²) in [7, 11) is -3.48. The maximum atomic E-state index is 12.1. The van der Waals surface area contributed by atoms with Crippen molar-refractivity contribution in [2.24, 2.45) is 5.92 Å². The van der Waals surface area contributed by atoms with Crippen molar-refractivity contribution in [3.05, 3.63) is 24.0 Å². The predicted molar refractivity (Wildman–Crippen MR) is 69.2 cm³/mol. The van der Waals surface area contributed by atoms with E-state index in [0.717, 1.165) is 0 Å². The molecule has 7 nitrogen and oxygen atoms in total. The summed E-state index contributed by atoms with van der Waals surface area (Å²) in [5, 5.41) is 16.5. The molecular formula is C11H18N4O3S. The molecule has 1 aliphatic rings. The van der Waals surface area contributed by atoms with Crippen molar-refractivity contribution < 1.29 is 13.5 Å². The van der Waals surface area contributed by atoms with E-state index in [-0.39, 0.29) is 19.1 Å². The van der Waals surface area contributed by atoms with Gasteiger partial charge in [-0.2, -0.15) is 27.6 Å². The van der Waals surface area contributed by atoms with Crippen molar-refractivity contribution in [3.63, 3.8) is 0 Å². The van der Waals surface area contributed by atoms with Gasteiger partial charge in [0.2, 0.25) is 0 Å². The fourth-order valence-electron chi connectivity index (χ4n) is 2.02. The van der Waals surface area contributed by atoms with Gasteiger partial charge in [0.1, 0.15) is 0 Å². The van der Waals surface area contributed by atoms with Gasteiger partial charge in [-0.15, -0.1) is 0 Å². The van der Waals surface area contributed by atoms with E-state index in [4.69, 9.17) is 5.11 Å². The topological polar surface area (TPSA) is 95.4 Å². The third-order valence-electron chi connectivity index (χ3n) is 3.23. The minimum Gasteiger partial charge on any atom is -0.396 e. The highest BCUT2D eigenvalue weighted by atomic mass is 32.2. The lowest BCUT2D eigenvalue weighted by atomic mass is 10.00. The van der Waals surface area contributed by atoms with E-state index in [0.29, 0.717) is 31.6 Å². The van der Waals surface area contributed by atoms with Crippen molar-refractivity contribution in [2.45, 2.75) is 19.4 Å². The van der Waals surface area contributed by atoms with E-state index in [1.54, 1.807) is 12.1 Å². The smallest absolute Gasteiger partial charge is 0.279 e. The molecule has 0 bridgehead atoms. The van der Waals surface area contributed by atoms with Crippen molar-refractivity contribution >= 4 is 10.2 Å². The summed E-state index contributed by atoms with van der Waals surface area (Å²) in [6.45, 7) is 1.15. The molecule has 106 valence electrons. The molecule has 0 saturated carbocycles. The first-order chi connectivity index (χ1) is 9.12. The van der Waals surface area contributed by atoms with Crippen LogP contribution in [0, 0.1) is 5.92 Å². The summed E-state index contributed by atoms with van der Waals surface area (Å²) in [6.07, 6.45) is 2.93.